The molecule has 5 heteroatoms. The quantitative estimate of drug-likeness (QED) is 0.827. The highest BCUT2D eigenvalue weighted by molar-refractivity contribution is 5.94. The Morgan fingerprint density at radius 2 is 1.90 bits per heavy atom. The number of aromatic nitrogens is 2. The molecule has 1 unspecified atom stereocenters. The lowest BCUT2D eigenvalue weighted by atomic mass is 10.1. The third-order valence-corrected chi connectivity index (χ3v) is 2.55. The van der Waals surface area contributed by atoms with Gasteiger partial charge in [-0.3, -0.25) is 14.8 Å². The normalized spacial score (nSPS) is 12.3. The van der Waals surface area contributed by atoms with Gasteiger partial charge in [0.1, 0.15) is 0 Å². The zero-order valence-electron chi connectivity index (χ0n) is 11.2. The van der Waals surface area contributed by atoms with Gasteiger partial charge in [0.15, 0.2) is 0 Å². The first kappa shape index (κ1) is 13.9. The number of hydrogen-bond donors (Lipinski definition) is 2. The minimum Gasteiger partial charge on any atom is -0.337 e. The Kier molecular flexibility index (Phi) is 4.57. The van der Waals surface area contributed by atoms with Crippen molar-refractivity contribution in [2.45, 2.75) is 13.1 Å². The lowest BCUT2D eigenvalue weighted by Crippen LogP contribution is -2.38. The SMILES string of the molecule is CC(N)NC(=O)c1cncc(C=Cc2ccncc2)c1. The van der Waals surface area contributed by atoms with Crippen LogP contribution in [0.3, 0.4) is 0 Å². The van der Waals surface area contributed by atoms with Crippen LogP contribution >= 0.6 is 0 Å². The summed E-state index contributed by atoms with van der Waals surface area (Å²) in [6.45, 7) is 1.71. The van der Waals surface area contributed by atoms with Gasteiger partial charge in [0.25, 0.3) is 5.91 Å². The third kappa shape index (κ3) is 4.00. The average Bonchev–Trinajstić information content (AvgIpc) is 2.46. The van der Waals surface area contributed by atoms with E-state index in [9.17, 15) is 4.79 Å². The lowest BCUT2D eigenvalue weighted by Gasteiger charge is -2.08. The summed E-state index contributed by atoms with van der Waals surface area (Å²) in [6.07, 6.45) is 10.1. The van der Waals surface area contributed by atoms with Crippen molar-refractivity contribution in [3.8, 4) is 0 Å². The molecule has 0 spiro atoms. The number of hydrogen-bond acceptors (Lipinski definition) is 4. The Hall–Kier alpha value is -2.53. The Labute approximate surface area is 117 Å². The van der Waals surface area contributed by atoms with Crippen molar-refractivity contribution in [3.05, 3.63) is 59.7 Å². The smallest absolute Gasteiger partial charge is 0.254 e. The molecule has 0 aliphatic rings. The summed E-state index contributed by atoms with van der Waals surface area (Å²) in [6, 6.07) is 5.57. The summed E-state index contributed by atoms with van der Waals surface area (Å²) in [5, 5.41) is 2.63. The van der Waals surface area contributed by atoms with Crippen LogP contribution in [0, 0.1) is 0 Å². The van der Waals surface area contributed by atoms with E-state index in [1.54, 1.807) is 31.6 Å². The number of pyridine rings is 2. The molecule has 5 nitrogen and oxygen atoms in total. The van der Waals surface area contributed by atoms with Crippen molar-refractivity contribution >= 4 is 18.1 Å². The molecule has 2 aromatic rings. The molecule has 2 rings (SSSR count). The Morgan fingerprint density at radius 3 is 2.60 bits per heavy atom. The van der Waals surface area contributed by atoms with Crippen LogP contribution < -0.4 is 11.1 Å². The minimum atomic E-state index is -0.390. The van der Waals surface area contributed by atoms with Gasteiger partial charge in [-0.2, -0.15) is 0 Å². The number of carbonyl (C=O) groups is 1. The summed E-state index contributed by atoms with van der Waals surface area (Å²) in [7, 11) is 0. The van der Waals surface area contributed by atoms with E-state index in [-0.39, 0.29) is 5.91 Å². The molecule has 0 aliphatic heterocycles. The molecule has 0 aliphatic carbocycles. The number of nitrogens with zero attached hydrogens (tertiary/aromatic N) is 2. The fourth-order valence-corrected chi connectivity index (χ4v) is 1.63. The van der Waals surface area contributed by atoms with Crippen LogP contribution in [0.2, 0.25) is 0 Å². The van der Waals surface area contributed by atoms with E-state index in [0.717, 1.165) is 11.1 Å². The van der Waals surface area contributed by atoms with Crippen LogP contribution in [0.1, 0.15) is 28.4 Å². The molecule has 0 saturated heterocycles. The number of carbonyl (C=O) groups excluding carboxylic acids is 1. The van der Waals surface area contributed by atoms with Gasteiger partial charge in [0.2, 0.25) is 0 Å². The van der Waals surface area contributed by atoms with Gasteiger partial charge in [0.05, 0.1) is 11.7 Å². The summed E-state index contributed by atoms with van der Waals surface area (Å²) < 4.78 is 0. The monoisotopic (exact) mass is 268 g/mol. The second-order valence-corrected chi connectivity index (χ2v) is 4.38. The van der Waals surface area contributed by atoms with Crippen molar-refractivity contribution in [2.75, 3.05) is 0 Å². The average molecular weight is 268 g/mol. The second-order valence-electron chi connectivity index (χ2n) is 4.38. The van der Waals surface area contributed by atoms with Crippen molar-refractivity contribution in [1.29, 1.82) is 0 Å². The van der Waals surface area contributed by atoms with E-state index in [1.807, 2.05) is 24.3 Å². The summed E-state index contributed by atoms with van der Waals surface area (Å²) in [4.78, 5) is 19.8. The number of nitrogens with two attached hydrogens (primary N) is 1. The number of rotatable bonds is 4. The van der Waals surface area contributed by atoms with Gasteiger partial charge < -0.3 is 11.1 Å². The molecule has 2 aromatic heterocycles. The van der Waals surface area contributed by atoms with Crippen LogP contribution in [0.4, 0.5) is 0 Å². The molecule has 20 heavy (non-hydrogen) atoms. The van der Waals surface area contributed by atoms with Crippen molar-refractivity contribution in [2.24, 2.45) is 5.73 Å². The van der Waals surface area contributed by atoms with Crippen molar-refractivity contribution in [1.82, 2.24) is 15.3 Å². The molecule has 1 atom stereocenters. The molecule has 102 valence electrons. The van der Waals surface area contributed by atoms with E-state index < -0.39 is 6.17 Å². The Bertz CT molecular complexity index is 608. The van der Waals surface area contributed by atoms with E-state index in [4.69, 9.17) is 5.73 Å². The van der Waals surface area contributed by atoms with Crippen LogP contribution in [0.25, 0.3) is 12.2 Å². The van der Waals surface area contributed by atoms with Gasteiger partial charge in [-0.05, 0) is 36.2 Å². The molecule has 0 aromatic carbocycles. The van der Waals surface area contributed by atoms with Crippen LogP contribution in [0.5, 0.6) is 0 Å². The molecule has 1 amide bonds. The van der Waals surface area contributed by atoms with E-state index >= 15 is 0 Å². The fourth-order valence-electron chi connectivity index (χ4n) is 1.63. The second kappa shape index (κ2) is 6.58. The number of amides is 1. The first-order chi connectivity index (χ1) is 9.65. The lowest BCUT2D eigenvalue weighted by molar-refractivity contribution is 0.0941. The van der Waals surface area contributed by atoms with Crippen molar-refractivity contribution < 1.29 is 4.79 Å². The molecule has 0 bridgehead atoms. The minimum absolute atomic E-state index is 0.230. The van der Waals surface area contributed by atoms with E-state index in [0.29, 0.717) is 5.56 Å². The highest BCUT2D eigenvalue weighted by atomic mass is 16.1. The predicted octanol–water partition coefficient (Wildman–Crippen LogP) is 1.68. The summed E-state index contributed by atoms with van der Waals surface area (Å²) in [5.74, 6) is -0.230. The summed E-state index contributed by atoms with van der Waals surface area (Å²) in [5.41, 5.74) is 7.90. The standard InChI is InChI=1S/C15H16N4O/c1-11(16)19-15(20)14-8-13(9-18-10-14)3-2-12-4-6-17-7-5-12/h2-11H,16H2,1H3,(H,19,20). The van der Waals surface area contributed by atoms with E-state index in [1.165, 1.54) is 6.20 Å². The largest absolute Gasteiger partial charge is 0.337 e. The first-order valence-electron chi connectivity index (χ1n) is 6.25. The van der Waals surface area contributed by atoms with Gasteiger partial charge in [-0.15, -0.1) is 0 Å². The van der Waals surface area contributed by atoms with Gasteiger partial charge >= 0.3 is 0 Å². The Morgan fingerprint density at radius 1 is 1.20 bits per heavy atom. The first-order valence-corrected chi connectivity index (χ1v) is 6.25. The van der Waals surface area contributed by atoms with Gasteiger partial charge in [0, 0.05) is 24.8 Å². The molecule has 0 fully saturated rings. The Balaban J connectivity index is 2.14. The topological polar surface area (TPSA) is 80.9 Å². The number of nitrogens with one attached hydrogen (secondary N) is 1. The van der Waals surface area contributed by atoms with Crippen LogP contribution in [-0.4, -0.2) is 22.0 Å². The molecule has 0 saturated carbocycles. The molecule has 3 N–H and O–H groups in total. The van der Waals surface area contributed by atoms with Crippen molar-refractivity contribution in [3.63, 3.8) is 0 Å². The highest BCUT2D eigenvalue weighted by Crippen LogP contribution is 2.08. The van der Waals surface area contributed by atoms with Gasteiger partial charge in [-0.1, -0.05) is 12.2 Å². The maximum Gasteiger partial charge on any atom is 0.254 e. The molecule has 2 heterocycles. The predicted molar refractivity (Wildman–Crippen MR) is 78.5 cm³/mol. The highest BCUT2D eigenvalue weighted by Gasteiger charge is 2.07. The van der Waals surface area contributed by atoms with Crippen LogP contribution in [-0.2, 0) is 0 Å². The zero-order valence-corrected chi connectivity index (χ0v) is 11.2. The van der Waals surface area contributed by atoms with Gasteiger partial charge in [-0.25, -0.2) is 0 Å². The fraction of sp³-hybridized carbons (Fsp3) is 0.133. The van der Waals surface area contributed by atoms with Crippen LogP contribution in [0.15, 0.2) is 43.0 Å². The zero-order chi connectivity index (χ0) is 14.4. The third-order valence-electron chi connectivity index (χ3n) is 2.55. The maximum absolute atomic E-state index is 11.8. The maximum atomic E-state index is 11.8. The van der Waals surface area contributed by atoms with E-state index in [2.05, 4.69) is 15.3 Å². The molecular weight excluding hydrogens is 252 g/mol. The molecule has 0 radical (unpaired) electrons. The molecular formula is C15H16N4O. The summed E-state index contributed by atoms with van der Waals surface area (Å²) >= 11 is 0.